The van der Waals surface area contributed by atoms with E-state index in [0.717, 1.165) is 4.57 Å². The molecule has 3 aromatic heterocycles. The van der Waals surface area contributed by atoms with Crippen LogP contribution >= 0.6 is 0 Å². The quantitative estimate of drug-likeness (QED) is 0.673. The SMILES string of the molecule is C=C=CCn1c(=O)c2ccc(-c3ccco3)nc2n(CC=C=C)c1=O. The lowest BCUT2D eigenvalue weighted by Crippen LogP contribution is -2.40. The van der Waals surface area contributed by atoms with Crippen molar-refractivity contribution in [3.63, 3.8) is 0 Å². The molecule has 0 bridgehead atoms. The minimum absolute atomic E-state index is 0.0921. The summed E-state index contributed by atoms with van der Waals surface area (Å²) in [4.78, 5) is 29.9. The predicted octanol–water partition coefficient (Wildman–Crippen LogP) is 2.50. The molecule has 0 atom stereocenters. The minimum Gasteiger partial charge on any atom is -0.463 e. The average molecular weight is 333 g/mol. The Labute approximate surface area is 143 Å². The highest BCUT2D eigenvalue weighted by Gasteiger charge is 2.14. The van der Waals surface area contributed by atoms with Crippen LogP contribution in [-0.2, 0) is 13.1 Å². The highest BCUT2D eigenvalue weighted by molar-refractivity contribution is 5.77. The van der Waals surface area contributed by atoms with E-state index in [1.807, 2.05) is 0 Å². The number of aromatic nitrogens is 3. The van der Waals surface area contributed by atoms with Crippen molar-refractivity contribution in [1.82, 2.24) is 14.1 Å². The molecule has 0 N–H and O–H groups in total. The van der Waals surface area contributed by atoms with Gasteiger partial charge in [-0.15, -0.1) is 11.5 Å². The van der Waals surface area contributed by atoms with Gasteiger partial charge in [-0.05, 0) is 36.4 Å². The Balaban J connectivity index is 2.36. The van der Waals surface area contributed by atoms with Gasteiger partial charge >= 0.3 is 5.69 Å². The number of hydrogen-bond acceptors (Lipinski definition) is 4. The Morgan fingerprint density at radius 2 is 1.80 bits per heavy atom. The number of rotatable bonds is 5. The molecule has 0 unspecified atom stereocenters. The standard InChI is InChI=1S/C19H15N3O3/c1-3-5-11-21-17-14(18(23)22(19(21)24)12-6-4-2)9-10-15(20-17)16-8-7-13-25-16/h5-10,13H,1-2,11-12H2. The third-order valence-corrected chi connectivity index (χ3v) is 3.68. The number of nitrogens with zero attached hydrogens (tertiary/aromatic N) is 3. The van der Waals surface area contributed by atoms with Crippen molar-refractivity contribution < 1.29 is 4.42 Å². The van der Waals surface area contributed by atoms with E-state index in [9.17, 15) is 9.59 Å². The molecule has 0 amide bonds. The lowest BCUT2D eigenvalue weighted by atomic mass is 10.2. The topological polar surface area (TPSA) is 70.0 Å². The summed E-state index contributed by atoms with van der Waals surface area (Å²) >= 11 is 0. The number of furan rings is 1. The molecule has 124 valence electrons. The largest absolute Gasteiger partial charge is 0.463 e. The Morgan fingerprint density at radius 1 is 1.08 bits per heavy atom. The van der Waals surface area contributed by atoms with Gasteiger partial charge in [-0.1, -0.05) is 13.2 Å². The average Bonchev–Trinajstić information content (AvgIpc) is 3.16. The second-order valence-electron chi connectivity index (χ2n) is 5.17. The van der Waals surface area contributed by atoms with Crippen LogP contribution in [0.3, 0.4) is 0 Å². The number of pyridine rings is 1. The van der Waals surface area contributed by atoms with Gasteiger partial charge in [-0.2, -0.15) is 0 Å². The second-order valence-corrected chi connectivity index (χ2v) is 5.17. The van der Waals surface area contributed by atoms with E-state index < -0.39 is 11.2 Å². The Morgan fingerprint density at radius 3 is 2.44 bits per heavy atom. The van der Waals surface area contributed by atoms with Crippen molar-refractivity contribution in [2.75, 3.05) is 0 Å². The smallest absolute Gasteiger partial charge is 0.333 e. The summed E-state index contributed by atoms with van der Waals surface area (Å²) in [5.41, 5.74) is 5.14. The maximum atomic E-state index is 12.7. The van der Waals surface area contributed by atoms with Gasteiger partial charge in [0.05, 0.1) is 24.7 Å². The Bertz CT molecular complexity index is 1140. The molecule has 0 spiro atoms. The van der Waals surface area contributed by atoms with E-state index in [4.69, 9.17) is 4.42 Å². The number of allylic oxidation sites excluding steroid dienone is 2. The van der Waals surface area contributed by atoms with Crippen molar-refractivity contribution in [3.8, 4) is 11.5 Å². The van der Waals surface area contributed by atoms with Gasteiger partial charge in [0, 0.05) is 0 Å². The molecule has 6 nitrogen and oxygen atoms in total. The van der Waals surface area contributed by atoms with Crippen LogP contribution in [0.1, 0.15) is 0 Å². The first kappa shape index (κ1) is 16.3. The molecule has 25 heavy (non-hydrogen) atoms. The van der Waals surface area contributed by atoms with Crippen molar-refractivity contribution in [2.24, 2.45) is 0 Å². The maximum Gasteiger partial charge on any atom is 0.333 e. The summed E-state index contributed by atoms with van der Waals surface area (Å²) < 4.78 is 7.86. The zero-order chi connectivity index (χ0) is 17.8. The molecule has 6 heteroatoms. The van der Waals surface area contributed by atoms with Gasteiger partial charge in [0.25, 0.3) is 5.56 Å². The zero-order valence-electron chi connectivity index (χ0n) is 13.4. The van der Waals surface area contributed by atoms with Crippen LogP contribution in [0, 0.1) is 0 Å². The van der Waals surface area contributed by atoms with Crippen molar-refractivity contribution in [2.45, 2.75) is 13.1 Å². The molecule has 0 radical (unpaired) electrons. The summed E-state index contributed by atoms with van der Waals surface area (Å²) in [6, 6.07) is 6.84. The Kier molecular flexibility index (Phi) is 4.48. The molecular formula is C19H15N3O3. The number of fused-ring (bicyclic) bond motifs is 1. The molecular weight excluding hydrogens is 318 g/mol. The summed E-state index contributed by atoms with van der Waals surface area (Å²) in [5, 5.41) is 0.338. The fraction of sp³-hybridized carbons (Fsp3) is 0.105. The molecule has 0 aliphatic carbocycles. The predicted molar refractivity (Wildman–Crippen MR) is 95.4 cm³/mol. The van der Waals surface area contributed by atoms with Crippen LogP contribution in [0.5, 0.6) is 0 Å². The molecule has 0 aliphatic rings. The summed E-state index contributed by atoms with van der Waals surface area (Å²) in [7, 11) is 0. The van der Waals surface area contributed by atoms with Crippen molar-refractivity contribution in [3.05, 3.63) is 88.1 Å². The molecule has 3 aromatic rings. The van der Waals surface area contributed by atoms with Gasteiger partial charge in [0.1, 0.15) is 5.69 Å². The first-order valence-corrected chi connectivity index (χ1v) is 7.54. The normalized spacial score (nSPS) is 10.2. The van der Waals surface area contributed by atoms with E-state index >= 15 is 0 Å². The third-order valence-electron chi connectivity index (χ3n) is 3.68. The van der Waals surface area contributed by atoms with Gasteiger partial charge in [-0.25, -0.2) is 9.78 Å². The molecule has 0 saturated carbocycles. The van der Waals surface area contributed by atoms with Crippen molar-refractivity contribution in [1.29, 1.82) is 0 Å². The minimum atomic E-state index is -0.473. The lowest BCUT2D eigenvalue weighted by molar-refractivity contribution is 0.579. The lowest BCUT2D eigenvalue weighted by Gasteiger charge is -2.11. The van der Waals surface area contributed by atoms with E-state index in [1.165, 1.54) is 16.9 Å². The molecule has 0 fully saturated rings. The van der Waals surface area contributed by atoms with Gasteiger partial charge in [0.2, 0.25) is 0 Å². The summed E-state index contributed by atoms with van der Waals surface area (Å²) in [6.07, 6.45) is 4.65. The van der Waals surface area contributed by atoms with E-state index in [-0.39, 0.29) is 18.7 Å². The van der Waals surface area contributed by atoms with Gasteiger partial charge in [-0.3, -0.25) is 13.9 Å². The molecule has 0 aliphatic heterocycles. The third kappa shape index (κ3) is 2.95. The first-order chi connectivity index (χ1) is 12.2. The monoisotopic (exact) mass is 333 g/mol. The molecule has 3 heterocycles. The fourth-order valence-electron chi connectivity index (χ4n) is 2.49. The summed E-state index contributed by atoms with van der Waals surface area (Å²) in [5.74, 6) is 0.555. The van der Waals surface area contributed by atoms with Gasteiger partial charge in [0.15, 0.2) is 11.4 Å². The van der Waals surface area contributed by atoms with Crippen LogP contribution in [0.25, 0.3) is 22.5 Å². The summed E-state index contributed by atoms with van der Waals surface area (Å²) in [6.45, 7) is 7.26. The van der Waals surface area contributed by atoms with Crippen LogP contribution in [0.15, 0.2) is 81.3 Å². The van der Waals surface area contributed by atoms with E-state index in [2.05, 4.69) is 29.6 Å². The highest BCUT2D eigenvalue weighted by atomic mass is 16.3. The van der Waals surface area contributed by atoms with Crippen LogP contribution in [0.2, 0.25) is 0 Å². The van der Waals surface area contributed by atoms with E-state index in [1.54, 1.807) is 30.3 Å². The Hall–Kier alpha value is -3.59. The van der Waals surface area contributed by atoms with Crippen LogP contribution < -0.4 is 11.2 Å². The highest BCUT2D eigenvalue weighted by Crippen LogP contribution is 2.19. The molecule has 3 rings (SSSR count). The zero-order valence-corrected chi connectivity index (χ0v) is 13.4. The molecule has 0 saturated heterocycles. The fourth-order valence-corrected chi connectivity index (χ4v) is 2.49. The second kappa shape index (κ2) is 6.89. The van der Waals surface area contributed by atoms with Crippen LogP contribution in [0.4, 0.5) is 0 Å². The number of hydrogen-bond donors (Lipinski definition) is 0. The maximum absolute atomic E-state index is 12.7. The first-order valence-electron chi connectivity index (χ1n) is 7.54. The van der Waals surface area contributed by atoms with Crippen molar-refractivity contribution >= 4 is 11.0 Å². The van der Waals surface area contributed by atoms with Gasteiger partial charge < -0.3 is 4.42 Å². The molecule has 0 aromatic carbocycles. The van der Waals surface area contributed by atoms with Crippen LogP contribution in [-0.4, -0.2) is 14.1 Å². The van der Waals surface area contributed by atoms with E-state index in [0.29, 0.717) is 16.8 Å².